The first-order valence-electron chi connectivity index (χ1n) is 12.7. The molecular weight excluding hydrogens is 426 g/mol. The number of hydrogen-bond donors (Lipinski definition) is 2. The highest BCUT2D eigenvalue weighted by molar-refractivity contribution is 6.15. The zero-order valence-electron chi connectivity index (χ0n) is 19.6. The maximum atomic E-state index is 13.0. The smallest absolute Gasteiger partial charge is 0.225 e. The van der Waals surface area contributed by atoms with Crippen LogP contribution in [0.3, 0.4) is 0 Å². The number of carbonyl (C=O) groups is 1. The lowest BCUT2D eigenvalue weighted by Crippen LogP contribution is -2.56. The molecule has 0 atom stereocenters. The van der Waals surface area contributed by atoms with Crippen molar-refractivity contribution in [1.29, 1.82) is 0 Å². The van der Waals surface area contributed by atoms with Crippen LogP contribution in [0.25, 0.3) is 0 Å². The van der Waals surface area contributed by atoms with E-state index in [1.807, 2.05) is 0 Å². The predicted molar refractivity (Wildman–Crippen MR) is 129 cm³/mol. The molecule has 8 nitrogen and oxygen atoms in total. The van der Waals surface area contributed by atoms with Gasteiger partial charge in [0.25, 0.3) is 0 Å². The molecule has 2 N–H and O–H groups in total. The number of carbonyl (C=O) groups excluding carboxylic acids is 1. The second-order valence-electron chi connectivity index (χ2n) is 11.1. The van der Waals surface area contributed by atoms with Gasteiger partial charge in [-0.05, 0) is 55.1 Å². The summed E-state index contributed by atoms with van der Waals surface area (Å²) in [5.74, 6) is 5.16. The molecule has 0 radical (unpaired) electrons. The summed E-state index contributed by atoms with van der Waals surface area (Å²) in [5, 5.41) is 12.0. The van der Waals surface area contributed by atoms with Gasteiger partial charge in [-0.2, -0.15) is 10.2 Å². The van der Waals surface area contributed by atoms with Crippen molar-refractivity contribution in [1.82, 2.24) is 25.5 Å². The summed E-state index contributed by atoms with van der Waals surface area (Å²) in [5.41, 5.74) is 6.83. The highest BCUT2D eigenvalue weighted by Gasteiger charge is 2.57. The van der Waals surface area contributed by atoms with Crippen molar-refractivity contribution >= 4 is 17.5 Å². The number of aromatic amines is 1. The lowest BCUT2D eigenvalue weighted by Gasteiger charge is -2.58. The van der Waals surface area contributed by atoms with Crippen molar-refractivity contribution in [3.05, 3.63) is 47.0 Å². The molecule has 2 aliphatic heterocycles. The van der Waals surface area contributed by atoms with Crippen LogP contribution in [0.5, 0.6) is 0 Å². The topological polar surface area (TPSA) is 98.6 Å². The normalized spacial score (nSPS) is 31.6. The quantitative estimate of drug-likeness (QED) is 0.720. The number of amidine groups is 1. The fraction of sp³-hybridized carbons (Fsp3) is 0.577. The van der Waals surface area contributed by atoms with E-state index < -0.39 is 0 Å². The van der Waals surface area contributed by atoms with E-state index in [4.69, 9.17) is 4.98 Å². The number of nitrogens with zero attached hydrogens (tertiary/aromatic N) is 5. The van der Waals surface area contributed by atoms with Gasteiger partial charge >= 0.3 is 0 Å². The van der Waals surface area contributed by atoms with Crippen LogP contribution in [-0.2, 0) is 4.79 Å². The van der Waals surface area contributed by atoms with Crippen LogP contribution in [0.1, 0.15) is 85.5 Å². The van der Waals surface area contributed by atoms with Gasteiger partial charge in [-0.15, -0.1) is 0 Å². The van der Waals surface area contributed by atoms with Crippen LogP contribution in [0.15, 0.2) is 34.4 Å². The number of nitrogens with one attached hydrogen (secondary N) is 2. The average molecular weight is 458 g/mol. The van der Waals surface area contributed by atoms with E-state index in [1.54, 1.807) is 7.05 Å². The maximum Gasteiger partial charge on any atom is 0.225 e. The highest BCUT2D eigenvalue weighted by Crippen LogP contribution is 2.64. The number of likely N-dealkylation sites (tertiary alicyclic amines) is 1. The number of benzene rings is 1. The highest BCUT2D eigenvalue weighted by atomic mass is 16.2. The van der Waals surface area contributed by atoms with E-state index in [-0.39, 0.29) is 5.92 Å². The molecule has 1 aromatic heterocycles. The number of hydrogen-bond acceptors (Lipinski definition) is 5. The van der Waals surface area contributed by atoms with Gasteiger partial charge in [0.15, 0.2) is 5.82 Å². The monoisotopic (exact) mass is 457 g/mol. The largest absolute Gasteiger partial charge is 0.341 e. The molecule has 1 aromatic carbocycles. The maximum absolute atomic E-state index is 13.0. The molecule has 2 aromatic rings. The Morgan fingerprint density at radius 3 is 2.50 bits per heavy atom. The van der Waals surface area contributed by atoms with Gasteiger partial charge in [0, 0.05) is 43.8 Å². The van der Waals surface area contributed by atoms with Crippen LogP contribution in [0, 0.1) is 11.3 Å². The SMILES string of the molecule is CN=C1CC(c2ccc(C3CN(C(=O)C4CC5(C4)CC(c4n[nH]c(C6CC6)n4)C5)C3)cc2)=NN1. The van der Waals surface area contributed by atoms with Crippen molar-refractivity contribution in [3.8, 4) is 0 Å². The fourth-order valence-electron chi connectivity index (χ4n) is 6.41. The summed E-state index contributed by atoms with van der Waals surface area (Å²) in [6.45, 7) is 1.70. The Kier molecular flexibility index (Phi) is 4.48. The number of H-pyrrole nitrogens is 1. The number of aromatic nitrogens is 3. The summed E-state index contributed by atoms with van der Waals surface area (Å²) in [6, 6.07) is 8.67. The summed E-state index contributed by atoms with van der Waals surface area (Å²) in [4.78, 5) is 24.0. The van der Waals surface area contributed by atoms with Gasteiger partial charge in [-0.3, -0.25) is 20.3 Å². The number of rotatable bonds is 5. The van der Waals surface area contributed by atoms with E-state index in [2.05, 4.69) is 54.9 Å². The molecule has 3 aliphatic carbocycles. The Balaban J connectivity index is 0.881. The third-order valence-corrected chi connectivity index (χ3v) is 8.75. The average Bonchev–Trinajstić information content (AvgIpc) is 3.30. The standard InChI is InChI=1S/C26H31N7O/c1-27-22-8-21(29-30-22)16-4-2-15(3-5-16)20-13-33(14-20)25(34)19-11-26(12-19)9-18(10-26)24-28-23(31-32-24)17-6-7-17/h2-5,17-20H,6-14H2,1H3,(H,27,30)(H,28,31,32). The molecule has 3 saturated carbocycles. The molecule has 5 aliphatic rings. The molecule has 34 heavy (non-hydrogen) atoms. The Labute approximate surface area is 199 Å². The first-order chi connectivity index (χ1) is 16.6. The Morgan fingerprint density at radius 2 is 1.82 bits per heavy atom. The van der Waals surface area contributed by atoms with E-state index >= 15 is 0 Å². The predicted octanol–water partition coefficient (Wildman–Crippen LogP) is 3.31. The lowest BCUT2D eigenvalue weighted by molar-refractivity contribution is -0.153. The van der Waals surface area contributed by atoms with E-state index in [1.165, 1.54) is 18.4 Å². The first-order valence-corrected chi connectivity index (χ1v) is 12.7. The number of hydrazone groups is 1. The van der Waals surface area contributed by atoms with Gasteiger partial charge < -0.3 is 4.90 Å². The Morgan fingerprint density at radius 1 is 1.06 bits per heavy atom. The Bertz CT molecular complexity index is 1170. The number of amides is 1. The van der Waals surface area contributed by atoms with Crippen LogP contribution in [0.4, 0.5) is 0 Å². The van der Waals surface area contributed by atoms with Crippen LogP contribution in [0.2, 0.25) is 0 Å². The van der Waals surface area contributed by atoms with Crippen molar-refractivity contribution < 1.29 is 4.79 Å². The van der Waals surface area contributed by atoms with Gasteiger partial charge in [0.2, 0.25) is 5.91 Å². The van der Waals surface area contributed by atoms with Gasteiger partial charge in [-0.1, -0.05) is 24.3 Å². The fourth-order valence-corrected chi connectivity index (χ4v) is 6.41. The molecule has 176 valence electrons. The van der Waals surface area contributed by atoms with E-state index in [0.717, 1.165) is 74.0 Å². The molecule has 8 heteroatoms. The lowest BCUT2D eigenvalue weighted by atomic mass is 9.48. The molecule has 1 amide bonds. The molecule has 7 rings (SSSR count). The minimum absolute atomic E-state index is 0.223. The zero-order chi connectivity index (χ0) is 22.9. The molecule has 1 saturated heterocycles. The van der Waals surface area contributed by atoms with Crippen molar-refractivity contribution in [2.24, 2.45) is 21.4 Å². The van der Waals surface area contributed by atoms with E-state index in [9.17, 15) is 4.79 Å². The second-order valence-corrected chi connectivity index (χ2v) is 11.1. The molecule has 4 fully saturated rings. The molecule has 1 spiro atoms. The third kappa shape index (κ3) is 3.37. The first kappa shape index (κ1) is 20.4. The third-order valence-electron chi connectivity index (χ3n) is 8.75. The van der Waals surface area contributed by atoms with Crippen LogP contribution < -0.4 is 5.43 Å². The summed E-state index contributed by atoms with van der Waals surface area (Å²) in [7, 11) is 1.78. The molecule has 0 bridgehead atoms. The molecule has 0 unspecified atom stereocenters. The minimum atomic E-state index is 0.223. The second kappa shape index (κ2) is 7.48. The number of aliphatic imine (C=N–C) groups is 1. The van der Waals surface area contributed by atoms with Crippen LogP contribution in [-0.4, -0.2) is 57.7 Å². The van der Waals surface area contributed by atoms with Gasteiger partial charge in [0.05, 0.1) is 12.1 Å². The van der Waals surface area contributed by atoms with Crippen LogP contribution >= 0.6 is 0 Å². The summed E-state index contributed by atoms with van der Waals surface area (Å²) in [6.07, 6.45) is 7.66. The summed E-state index contributed by atoms with van der Waals surface area (Å²) >= 11 is 0. The van der Waals surface area contributed by atoms with Gasteiger partial charge in [0.1, 0.15) is 11.7 Å². The van der Waals surface area contributed by atoms with Crippen molar-refractivity contribution in [3.63, 3.8) is 0 Å². The molecule has 3 heterocycles. The molecular formula is C26H31N7O. The van der Waals surface area contributed by atoms with Crippen molar-refractivity contribution in [2.75, 3.05) is 20.1 Å². The summed E-state index contributed by atoms with van der Waals surface area (Å²) < 4.78 is 0. The van der Waals surface area contributed by atoms with Gasteiger partial charge in [-0.25, -0.2) is 4.98 Å². The Hall–Kier alpha value is -3.03. The minimum Gasteiger partial charge on any atom is -0.341 e. The van der Waals surface area contributed by atoms with E-state index in [0.29, 0.717) is 29.1 Å². The van der Waals surface area contributed by atoms with Crippen molar-refractivity contribution in [2.45, 2.75) is 62.7 Å². The zero-order valence-corrected chi connectivity index (χ0v) is 19.6.